The monoisotopic (exact) mass is 838 g/mol. The number of rotatable bonds is 43. The molecule has 2 unspecified atom stereocenters. The summed E-state index contributed by atoms with van der Waals surface area (Å²) in [5, 5.41) is 0. The molecule has 0 aliphatic rings. The predicted molar refractivity (Wildman–Crippen MR) is 242 cm³/mol. The highest BCUT2D eigenvalue weighted by atomic mass is 16.7. The Morgan fingerprint density at radius 1 is 0.492 bits per heavy atom. The Morgan fingerprint density at radius 2 is 0.949 bits per heavy atom. The minimum absolute atomic E-state index is 0.0251. The lowest BCUT2D eigenvalue weighted by Gasteiger charge is -2.20. The lowest BCUT2D eigenvalue weighted by Crippen LogP contribution is -2.28. The molecule has 0 fully saturated rings. The summed E-state index contributed by atoms with van der Waals surface area (Å²) >= 11 is 0. The van der Waals surface area contributed by atoms with Crippen molar-refractivity contribution >= 4 is 18.1 Å². The molecule has 0 bridgehead atoms. The second-order valence-electron chi connectivity index (χ2n) is 16.5. The van der Waals surface area contributed by atoms with E-state index in [9.17, 15) is 14.4 Å². The van der Waals surface area contributed by atoms with Crippen LogP contribution in [0.25, 0.3) is 0 Å². The van der Waals surface area contributed by atoms with Crippen LogP contribution in [-0.4, -0.2) is 89.1 Å². The Kier molecular flexibility index (Phi) is 41.9. The van der Waals surface area contributed by atoms with Crippen molar-refractivity contribution in [3.05, 3.63) is 24.3 Å². The fourth-order valence-electron chi connectivity index (χ4n) is 6.23. The standard InChI is InChI=1S/C49H91NO9/c1-7-10-13-16-19-20-21-22-23-24-25-26-27-28-31-34-46(51)57-41-45(43-59-49(53)56-40-37-44(4)50(5)6)42-58-47(52)35-36-48(54-38-32-29-17-14-11-8-2)55-39-33-30-18-15-12-9-3/h19-20,22-23,44-45,48H,7-18,21,24-43H2,1-6H3/b20-19-,23-22-. The third kappa shape index (κ3) is 40.7. The van der Waals surface area contributed by atoms with E-state index < -0.39 is 24.3 Å². The van der Waals surface area contributed by atoms with Gasteiger partial charge in [0, 0.05) is 32.1 Å². The van der Waals surface area contributed by atoms with Crippen molar-refractivity contribution in [2.45, 2.75) is 213 Å². The zero-order valence-electron chi connectivity index (χ0n) is 39.0. The van der Waals surface area contributed by atoms with Gasteiger partial charge in [0.15, 0.2) is 6.29 Å². The molecule has 0 aliphatic heterocycles. The van der Waals surface area contributed by atoms with Gasteiger partial charge in [-0.15, -0.1) is 0 Å². The molecular weight excluding hydrogens is 747 g/mol. The average Bonchev–Trinajstić information content (AvgIpc) is 3.22. The van der Waals surface area contributed by atoms with E-state index in [1.54, 1.807) is 0 Å². The highest BCUT2D eigenvalue weighted by molar-refractivity contribution is 5.69. The first kappa shape index (κ1) is 56.6. The number of ether oxygens (including phenoxy) is 6. The molecule has 0 aromatic rings. The Bertz CT molecular complexity index is 999. The van der Waals surface area contributed by atoms with Crippen LogP contribution in [0.4, 0.5) is 4.79 Å². The maximum absolute atomic E-state index is 12.9. The number of carbonyl (C=O) groups excluding carboxylic acids is 3. The minimum atomic E-state index is -0.795. The van der Waals surface area contributed by atoms with E-state index in [0.717, 1.165) is 70.6 Å². The summed E-state index contributed by atoms with van der Waals surface area (Å²) in [4.78, 5) is 40.0. The van der Waals surface area contributed by atoms with E-state index in [1.807, 2.05) is 25.9 Å². The lowest BCUT2D eigenvalue weighted by atomic mass is 10.1. The SMILES string of the molecule is CCCCC/C=C\C/C=C\CCCCCCCC(=O)OCC(COC(=O)CCC(OCCCCCCCC)OCCCCCCCC)COC(=O)OCCC(C)N(C)C. The van der Waals surface area contributed by atoms with Crippen LogP contribution in [0.3, 0.4) is 0 Å². The molecule has 10 nitrogen and oxygen atoms in total. The zero-order valence-corrected chi connectivity index (χ0v) is 39.0. The van der Waals surface area contributed by atoms with Crippen LogP contribution in [0.2, 0.25) is 0 Å². The third-order valence-electron chi connectivity index (χ3n) is 10.6. The molecular formula is C49H91NO9. The van der Waals surface area contributed by atoms with Crippen LogP contribution in [0.5, 0.6) is 0 Å². The first-order valence-electron chi connectivity index (χ1n) is 24.0. The summed E-state index contributed by atoms with van der Waals surface area (Å²) < 4.78 is 34.0. The summed E-state index contributed by atoms with van der Waals surface area (Å²) in [5.41, 5.74) is 0. The van der Waals surface area contributed by atoms with E-state index in [4.69, 9.17) is 28.4 Å². The molecule has 2 atom stereocenters. The van der Waals surface area contributed by atoms with Gasteiger partial charge in [-0.25, -0.2) is 4.79 Å². The van der Waals surface area contributed by atoms with Gasteiger partial charge in [0.05, 0.1) is 18.9 Å². The van der Waals surface area contributed by atoms with Crippen molar-refractivity contribution < 1.29 is 42.8 Å². The molecule has 0 aromatic carbocycles. The molecule has 0 N–H and O–H groups in total. The number of carbonyl (C=O) groups is 3. The largest absolute Gasteiger partial charge is 0.508 e. The van der Waals surface area contributed by atoms with Crippen molar-refractivity contribution in [2.75, 3.05) is 53.7 Å². The highest BCUT2D eigenvalue weighted by Gasteiger charge is 2.20. The molecule has 0 aliphatic carbocycles. The van der Waals surface area contributed by atoms with Gasteiger partial charge < -0.3 is 33.3 Å². The summed E-state index contributed by atoms with van der Waals surface area (Å²) in [5.74, 6) is -1.23. The normalized spacial score (nSPS) is 12.8. The Hall–Kier alpha value is -2.43. The van der Waals surface area contributed by atoms with Crippen molar-refractivity contribution in [3.8, 4) is 0 Å². The predicted octanol–water partition coefficient (Wildman–Crippen LogP) is 12.9. The van der Waals surface area contributed by atoms with Gasteiger partial charge in [-0.05, 0) is 78.8 Å². The maximum atomic E-state index is 12.9. The zero-order chi connectivity index (χ0) is 43.4. The average molecular weight is 838 g/mol. The van der Waals surface area contributed by atoms with Gasteiger partial charge in [0.2, 0.25) is 0 Å². The first-order chi connectivity index (χ1) is 28.7. The van der Waals surface area contributed by atoms with Gasteiger partial charge in [-0.3, -0.25) is 9.59 Å². The van der Waals surface area contributed by atoms with Crippen molar-refractivity contribution in [2.24, 2.45) is 5.92 Å². The summed E-state index contributed by atoms with van der Waals surface area (Å²) in [6.45, 7) is 9.97. The fraction of sp³-hybridized carbons (Fsp3) is 0.857. The maximum Gasteiger partial charge on any atom is 0.508 e. The van der Waals surface area contributed by atoms with Crippen molar-refractivity contribution in [3.63, 3.8) is 0 Å². The molecule has 0 saturated carbocycles. The quantitative estimate of drug-likeness (QED) is 0.0193. The van der Waals surface area contributed by atoms with Gasteiger partial charge in [-0.1, -0.05) is 141 Å². The number of allylic oxidation sites excluding steroid dienone is 4. The lowest BCUT2D eigenvalue weighted by molar-refractivity contribution is -0.161. The first-order valence-corrected chi connectivity index (χ1v) is 24.0. The molecule has 59 heavy (non-hydrogen) atoms. The van der Waals surface area contributed by atoms with Crippen LogP contribution in [0, 0.1) is 5.92 Å². The van der Waals surface area contributed by atoms with Gasteiger partial charge in [0.1, 0.15) is 19.8 Å². The summed E-state index contributed by atoms with van der Waals surface area (Å²) in [6.07, 6.45) is 35.6. The van der Waals surface area contributed by atoms with Crippen molar-refractivity contribution in [1.29, 1.82) is 0 Å². The highest BCUT2D eigenvalue weighted by Crippen LogP contribution is 2.14. The number of hydrogen-bond acceptors (Lipinski definition) is 10. The summed E-state index contributed by atoms with van der Waals surface area (Å²) in [7, 11) is 3.94. The smallest absolute Gasteiger partial charge is 0.465 e. The number of hydrogen-bond donors (Lipinski definition) is 0. The van der Waals surface area contributed by atoms with Crippen molar-refractivity contribution in [1.82, 2.24) is 4.90 Å². The molecule has 0 saturated heterocycles. The molecule has 0 rings (SSSR count). The Balaban J connectivity index is 4.82. The minimum Gasteiger partial charge on any atom is -0.465 e. The number of unbranched alkanes of at least 4 members (excludes halogenated alkanes) is 18. The molecule has 0 aromatic heterocycles. The molecule has 346 valence electrons. The van der Waals surface area contributed by atoms with E-state index >= 15 is 0 Å². The number of esters is 2. The molecule has 0 radical (unpaired) electrons. The van der Waals surface area contributed by atoms with E-state index in [1.165, 1.54) is 77.0 Å². The van der Waals surface area contributed by atoms with E-state index in [2.05, 4.69) is 45.1 Å². The molecule has 0 spiro atoms. The van der Waals surface area contributed by atoms with Crippen LogP contribution in [0.1, 0.15) is 201 Å². The second kappa shape index (κ2) is 43.7. The topological polar surface area (TPSA) is 110 Å². The Morgan fingerprint density at radius 3 is 1.51 bits per heavy atom. The van der Waals surface area contributed by atoms with Gasteiger partial charge in [-0.2, -0.15) is 0 Å². The molecule has 0 amide bonds. The van der Waals surface area contributed by atoms with E-state index in [-0.39, 0.29) is 44.9 Å². The van der Waals surface area contributed by atoms with Crippen LogP contribution >= 0.6 is 0 Å². The van der Waals surface area contributed by atoms with E-state index in [0.29, 0.717) is 32.5 Å². The Labute approximate surface area is 362 Å². The summed E-state index contributed by atoms with van der Waals surface area (Å²) in [6, 6.07) is 0.246. The van der Waals surface area contributed by atoms with Crippen LogP contribution in [-0.2, 0) is 38.0 Å². The fourth-order valence-corrected chi connectivity index (χ4v) is 6.23. The third-order valence-corrected chi connectivity index (χ3v) is 10.6. The molecule has 10 heteroatoms. The van der Waals surface area contributed by atoms with Crippen LogP contribution in [0.15, 0.2) is 24.3 Å². The second-order valence-corrected chi connectivity index (χ2v) is 16.5. The molecule has 0 heterocycles. The van der Waals surface area contributed by atoms with Gasteiger partial charge in [0.25, 0.3) is 0 Å². The van der Waals surface area contributed by atoms with Crippen LogP contribution < -0.4 is 0 Å². The van der Waals surface area contributed by atoms with Gasteiger partial charge >= 0.3 is 18.1 Å². The number of nitrogens with zero attached hydrogens (tertiary/aromatic N) is 1.